The van der Waals surface area contributed by atoms with Gasteiger partial charge in [0.1, 0.15) is 12.2 Å². The molecule has 8 bridgehead atoms. The van der Waals surface area contributed by atoms with Crippen LogP contribution in [-0.2, 0) is 52.1 Å². The van der Waals surface area contributed by atoms with Crippen molar-refractivity contribution in [3.05, 3.63) is 0 Å². The molecule has 19 heteroatoms. The molecule has 13 saturated carbocycles. The number of rotatable bonds is 40. The lowest BCUT2D eigenvalue weighted by Gasteiger charge is -2.34. The van der Waals surface area contributed by atoms with E-state index < -0.39 is 24.3 Å². The smallest absolute Gasteiger partial charge is 0.178 e. The second-order valence-electron chi connectivity index (χ2n) is 34.7. The molecule has 2 saturated heterocycles. The van der Waals surface area contributed by atoms with Gasteiger partial charge in [0.25, 0.3) is 0 Å². The molecule has 29 unspecified atom stereocenters. The van der Waals surface area contributed by atoms with Crippen molar-refractivity contribution < 1.29 is 93.0 Å². The molecule has 0 amide bonds. The maximum absolute atomic E-state index is 10.9. The van der Waals surface area contributed by atoms with Crippen molar-refractivity contribution in [3.63, 3.8) is 0 Å². The maximum Gasteiger partial charge on any atom is 0.178 e. The number of aliphatic hydroxyl groups excluding tert-OH is 8. The summed E-state index contributed by atoms with van der Waals surface area (Å²) in [5, 5.41) is 80.4. The minimum atomic E-state index is -1.05. The summed E-state index contributed by atoms with van der Waals surface area (Å²) >= 11 is 0. The van der Waals surface area contributed by atoms with Crippen LogP contribution in [0.4, 0.5) is 0 Å². The number of epoxide rings is 2. The number of hydrogen-bond acceptors (Lipinski definition) is 19. The molecule has 15 fully saturated rings. The fourth-order valence-corrected chi connectivity index (χ4v) is 23.4. The highest BCUT2D eigenvalue weighted by Crippen LogP contribution is 2.65. The molecule has 546 valence electrons. The quantitative estimate of drug-likeness (QED) is 0.0222. The van der Waals surface area contributed by atoms with E-state index in [2.05, 4.69) is 6.92 Å². The van der Waals surface area contributed by atoms with Gasteiger partial charge < -0.3 is 93.0 Å². The van der Waals surface area contributed by atoms with E-state index in [0.717, 1.165) is 136 Å². The predicted octanol–water partition coefficient (Wildman–Crippen LogP) is 7.22. The molecule has 95 heavy (non-hydrogen) atoms. The van der Waals surface area contributed by atoms with Crippen molar-refractivity contribution in [2.45, 2.75) is 173 Å². The number of aliphatic hydroxyl groups is 8. The predicted molar refractivity (Wildman–Crippen MR) is 352 cm³/mol. The SMILES string of the molecule is CCC(COCC(O)OCC1CC2C3CC(CO)C(C3)C2C1)(COCC(O)OCC1CC2CC1C1CC(CO)CC21)COCC(O)OCC1CC2CC1C1CC(CO)CC21.CCC(COCC1CC1)(COCC1CO1)COCC1CO1.OCC1CC2C3CC(CO)C(C3)C2C1. The van der Waals surface area contributed by atoms with Gasteiger partial charge in [-0.25, -0.2) is 0 Å². The van der Waals surface area contributed by atoms with Crippen LogP contribution in [0.15, 0.2) is 0 Å². The van der Waals surface area contributed by atoms with E-state index in [9.17, 15) is 40.9 Å². The summed E-state index contributed by atoms with van der Waals surface area (Å²) in [6.07, 6.45) is 21.0. The molecule has 0 aromatic carbocycles. The van der Waals surface area contributed by atoms with Crippen LogP contribution < -0.4 is 0 Å². The molecule has 29 atom stereocenters. The molecular weight excluding hydrogens is 1220 g/mol. The van der Waals surface area contributed by atoms with Crippen LogP contribution in [0.3, 0.4) is 0 Å². The molecule has 0 aromatic heterocycles. The van der Waals surface area contributed by atoms with Crippen molar-refractivity contribution in [1.29, 1.82) is 0 Å². The molecular formula is C76H128O19. The Kier molecular flexibility index (Phi) is 25.5. The van der Waals surface area contributed by atoms with Crippen molar-refractivity contribution in [3.8, 4) is 0 Å². The van der Waals surface area contributed by atoms with E-state index in [1.165, 1.54) is 77.0 Å². The summed E-state index contributed by atoms with van der Waals surface area (Å²) < 4.78 is 64.4. The molecule has 19 nitrogen and oxygen atoms in total. The molecule has 13 aliphatic carbocycles. The van der Waals surface area contributed by atoms with Crippen LogP contribution in [0.1, 0.15) is 142 Å². The molecule has 0 spiro atoms. The monoisotopic (exact) mass is 1340 g/mol. The molecule has 0 radical (unpaired) electrons. The third kappa shape index (κ3) is 17.7. The van der Waals surface area contributed by atoms with Gasteiger partial charge in [0.15, 0.2) is 18.9 Å². The van der Waals surface area contributed by atoms with Gasteiger partial charge in [-0.05, 0) is 276 Å². The summed E-state index contributed by atoms with van der Waals surface area (Å²) in [5.74, 6) is 16.6. The van der Waals surface area contributed by atoms with Gasteiger partial charge >= 0.3 is 0 Å². The molecule has 2 aliphatic heterocycles. The highest BCUT2D eigenvalue weighted by molar-refractivity contribution is 5.08. The van der Waals surface area contributed by atoms with E-state index in [0.29, 0.717) is 181 Å². The average Bonchev–Trinajstić information content (AvgIpc) is 1.62. The molecule has 8 N–H and O–H groups in total. The van der Waals surface area contributed by atoms with E-state index in [-0.39, 0.29) is 45.1 Å². The summed E-state index contributed by atoms with van der Waals surface area (Å²) in [4.78, 5) is 0. The number of hydrogen-bond donors (Lipinski definition) is 8. The Balaban J connectivity index is 0.000000187. The Hall–Kier alpha value is -0.760. The minimum absolute atomic E-state index is 0.0194. The summed E-state index contributed by atoms with van der Waals surface area (Å²) in [5.41, 5.74) is -0.653. The van der Waals surface area contributed by atoms with Crippen LogP contribution in [0.5, 0.6) is 0 Å². The Morgan fingerprint density at radius 2 is 0.621 bits per heavy atom. The van der Waals surface area contributed by atoms with Gasteiger partial charge in [-0.15, -0.1) is 0 Å². The molecule has 15 aliphatic rings. The van der Waals surface area contributed by atoms with Crippen LogP contribution in [0, 0.1) is 159 Å². The van der Waals surface area contributed by atoms with E-state index in [1.807, 2.05) is 6.92 Å². The van der Waals surface area contributed by atoms with Crippen LogP contribution >= 0.6 is 0 Å². The normalized spacial score (nSPS) is 43.6. The van der Waals surface area contributed by atoms with E-state index >= 15 is 0 Å². The molecule has 0 aromatic rings. The largest absolute Gasteiger partial charge is 0.396 e. The Bertz CT molecular complexity index is 2190. The van der Waals surface area contributed by atoms with Crippen LogP contribution in [-0.4, -0.2) is 217 Å². The first-order chi connectivity index (χ1) is 46.3. The van der Waals surface area contributed by atoms with Gasteiger partial charge in [0, 0.05) is 50.5 Å². The first-order valence-corrected chi connectivity index (χ1v) is 38.9. The fourth-order valence-electron chi connectivity index (χ4n) is 23.4. The second kappa shape index (κ2) is 33.3. The minimum Gasteiger partial charge on any atom is -0.396 e. The Morgan fingerprint density at radius 1 is 0.316 bits per heavy atom. The van der Waals surface area contributed by atoms with Crippen molar-refractivity contribution >= 4 is 0 Å². The van der Waals surface area contributed by atoms with Gasteiger partial charge in [0.05, 0.1) is 106 Å². The zero-order chi connectivity index (χ0) is 65.8. The highest BCUT2D eigenvalue weighted by atomic mass is 16.6. The summed E-state index contributed by atoms with van der Waals surface area (Å²) in [6.45, 7) is 14.3. The molecule has 2 heterocycles. The van der Waals surface area contributed by atoms with Crippen molar-refractivity contribution in [2.75, 3.05) is 145 Å². The highest BCUT2D eigenvalue weighted by Gasteiger charge is 2.59. The third-order valence-corrected chi connectivity index (χ3v) is 28.8. The standard InChI is InChI=1S/C48H80O12.C16H28O5.C12H20O2/c1-2-48(24-55-21-45(52)58-18-29-7-38-30-9-33(17-51)39(12-30)44(38)8-29,25-56-22-46(53)59-19-34-10-31-13-40(34)42-5-27(15-49)3-36(31)42)26-57-23-47(54)60-20-35-11-32-14-41(35)43-6-28(16-50)4-37(32)43;1-2-16(10-17-5-13-3-4-13,11-18-6-14-8-20-14)12-19-7-15-9-21-15;13-5-7-1-10-8-3-9(6-14)11(4-8)12(10)2-7/h27-47,49-54H,2-26H2,1H3;13-15H,2-12H2,1H3;7-14H,1-6H2. The zero-order valence-corrected chi connectivity index (χ0v) is 58.1. The first-order valence-electron chi connectivity index (χ1n) is 38.9. The van der Waals surface area contributed by atoms with Gasteiger partial charge in [0.2, 0.25) is 0 Å². The summed E-state index contributed by atoms with van der Waals surface area (Å²) in [7, 11) is 0. The Labute approximate surface area is 568 Å². The van der Waals surface area contributed by atoms with Gasteiger partial charge in [-0.3, -0.25) is 0 Å². The third-order valence-electron chi connectivity index (χ3n) is 28.8. The lowest BCUT2D eigenvalue weighted by Crippen LogP contribution is -2.40. The topological polar surface area (TPSA) is 270 Å². The van der Waals surface area contributed by atoms with Crippen LogP contribution in [0.25, 0.3) is 0 Å². The maximum atomic E-state index is 10.9. The first kappa shape index (κ1) is 72.6. The number of ether oxygens (including phenoxy) is 11. The van der Waals surface area contributed by atoms with Crippen molar-refractivity contribution in [1.82, 2.24) is 0 Å². The lowest BCUT2D eigenvalue weighted by atomic mass is 9.76. The summed E-state index contributed by atoms with van der Waals surface area (Å²) in [6, 6.07) is 0. The fraction of sp³-hybridized carbons (Fsp3) is 1.00. The van der Waals surface area contributed by atoms with E-state index in [4.69, 9.17) is 52.1 Å². The second-order valence-corrected chi connectivity index (χ2v) is 34.7. The van der Waals surface area contributed by atoms with E-state index in [1.54, 1.807) is 0 Å². The average molecular weight is 1350 g/mol. The Morgan fingerprint density at radius 3 is 0.958 bits per heavy atom. The van der Waals surface area contributed by atoms with Crippen LogP contribution in [0.2, 0.25) is 0 Å². The van der Waals surface area contributed by atoms with Gasteiger partial charge in [-0.2, -0.15) is 0 Å². The zero-order valence-electron chi connectivity index (χ0n) is 58.1. The lowest BCUT2D eigenvalue weighted by molar-refractivity contribution is -0.184. The number of fused-ring (bicyclic) bond motifs is 20. The molecule has 15 rings (SSSR count). The van der Waals surface area contributed by atoms with Crippen molar-refractivity contribution in [2.24, 2.45) is 159 Å². The van der Waals surface area contributed by atoms with Gasteiger partial charge in [-0.1, -0.05) is 13.8 Å².